The van der Waals surface area contributed by atoms with Crippen molar-refractivity contribution in [1.82, 2.24) is 10.1 Å². The number of benzene rings is 1. The summed E-state index contributed by atoms with van der Waals surface area (Å²) in [6.07, 6.45) is 4.04. The van der Waals surface area contributed by atoms with Crippen molar-refractivity contribution < 1.29 is 9.32 Å². The van der Waals surface area contributed by atoms with Crippen LogP contribution in [0.15, 0.2) is 28.9 Å². The molecule has 1 aromatic carbocycles. The predicted octanol–water partition coefficient (Wildman–Crippen LogP) is 3.75. The van der Waals surface area contributed by atoms with Gasteiger partial charge in [0.05, 0.1) is 16.8 Å². The van der Waals surface area contributed by atoms with E-state index in [-0.39, 0.29) is 11.9 Å². The molecule has 1 amide bonds. The molecule has 2 aliphatic rings. The van der Waals surface area contributed by atoms with Gasteiger partial charge < -0.3 is 9.42 Å². The molecule has 0 bridgehead atoms. The van der Waals surface area contributed by atoms with E-state index in [1.54, 1.807) is 18.3 Å². The lowest BCUT2D eigenvalue weighted by Crippen LogP contribution is -2.34. The van der Waals surface area contributed by atoms with E-state index in [1.165, 1.54) is 12.8 Å². The van der Waals surface area contributed by atoms with E-state index in [1.807, 2.05) is 11.0 Å². The SMILES string of the molecule is C[C@@H](C1CC1)N1Cc2cc(-c3ccno3)cc(Cl)c2C1=O. The van der Waals surface area contributed by atoms with Crippen LogP contribution < -0.4 is 0 Å². The number of hydrogen-bond donors (Lipinski definition) is 0. The highest BCUT2D eigenvalue weighted by Crippen LogP contribution is 2.40. The number of halogens is 1. The molecule has 1 aliphatic heterocycles. The molecule has 0 unspecified atom stereocenters. The zero-order valence-corrected chi connectivity index (χ0v) is 12.4. The van der Waals surface area contributed by atoms with Gasteiger partial charge in [0.15, 0.2) is 5.76 Å². The molecule has 0 radical (unpaired) electrons. The number of aromatic nitrogens is 1. The molecule has 4 rings (SSSR count). The normalized spacial score (nSPS) is 19.0. The lowest BCUT2D eigenvalue weighted by atomic mass is 10.0. The monoisotopic (exact) mass is 302 g/mol. The second-order valence-electron chi connectivity index (χ2n) is 5.88. The maximum absolute atomic E-state index is 12.6. The zero-order chi connectivity index (χ0) is 14.6. The fourth-order valence-electron chi connectivity index (χ4n) is 3.10. The summed E-state index contributed by atoms with van der Waals surface area (Å²) in [5.41, 5.74) is 2.49. The Bertz CT molecular complexity index is 707. The van der Waals surface area contributed by atoms with Crippen molar-refractivity contribution in [2.75, 3.05) is 0 Å². The number of rotatable bonds is 3. The summed E-state index contributed by atoms with van der Waals surface area (Å²) < 4.78 is 5.18. The number of nitrogens with zero attached hydrogens (tertiary/aromatic N) is 2. The largest absolute Gasteiger partial charge is 0.356 e. The van der Waals surface area contributed by atoms with Crippen LogP contribution in [0.25, 0.3) is 11.3 Å². The quantitative estimate of drug-likeness (QED) is 0.867. The molecule has 0 spiro atoms. The van der Waals surface area contributed by atoms with Crippen LogP contribution in [0, 0.1) is 5.92 Å². The van der Waals surface area contributed by atoms with Crippen LogP contribution in [0.4, 0.5) is 0 Å². The Balaban J connectivity index is 1.73. The Labute approximate surface area is 127 Å². The third-order valence-corrected chi connectivity index (χ3v) is 4.80. The first kappa shape index (κ1) is 12.9. The molecule has 0 saturated heterocycles. The average molecular weight is 303 g/mol. The van der Waals surface area contributed by atoms with Gasteiger partial charge in [-0.25, -0.2) is 0 Å². The molecule has 1 aliphatic carbocycles. The smallest absolute Gasteiger partial charge is 0.256 e. The molecule has 0 N–H and O–H groups in total. The van der Waals surface area contributed by atoms with Gasteiger partial charge in [-0.3, -0.25) is 4.79 Å². The van der Waals surface area contributed by atoms with Crippen molar-refractivity contribution in [2.45, 2.75) is 32.4 Å². The summed E-state index contributed by atoms with van der Waals surface area (Å²) in [5, 5.41) is 4.21. The van der Waals surface area contributed by atoms with Crippen LogP contribution in [-0.2, 0) is 6.54 Å². The lowest BCUT2D eigenvalue weighted by molar-refractivity contribution is 0.0697. The van der Waals surface area contributed by atoms with E-state index < -0.39 is 0 Å². The van der Waals surface area contributed by atoms with Crippen LogP contribution in [0.5, 0.6) is 0 Å². The standard InChI is InChI=1S/C16H15ClN2O2/c1-9(10-2-3-10)19-8-12-6-11(14-4-5-18-21-14)7-13(17)15(12)16(19)20/h4-7,9-10H,2-3,8H2,1H3/t9-/m0/s1. The molecule has 2 aromatic rings. The second-order valence-corrected chi connectivity index (χ2v) is 6.29. The van der Waals surface area contributed by atoms with Gasteiger partial charge in [-0.05, 0) is 43.4 Å². The summed E-state index contributed by atoms with van der Waals surface area (Å²) >= 11 is 6.34. The van der Waals surface area contributed by atoms with Gasteiger partial charge in [0.2, 0.25) is 0 Å². The summed E-state index contributed by atoms with van der Waals surface area (Å²) in [7, 11) is 0. The fourth-order valence-corrected chi connectivity index (χ4v) is 3.42. The van der Waals surface area contributed by atoms with Crippen LogP contribution in [-0.4, -0.2) is 22.0 Å². The summed E-state index contributed by atoms with van der Waals surface area (Å²) in [6.45, 7) is 2.76. The average Bonchev–Trinajstić information content (AvgIpc) is 3.05. The first-order chi connectivity index (χ1) is 10.1. The van der Waals surface area contributed by atoms with Crippen molar-refractivity contribution >= 4 is 17.5 Å². The Kier molecular flexibility index (Phi) is 2.82. The van der Waals surface area contributed by atoms with Crippen LogP contribution in [0.3, 0.4) is 0 Å². The maximum atomic E-state index is 12.6. The van der Waals surface area contributed by atoms with Crippen molar-refractivity contribution in [3.8, 4) is 11.3 Å². The molecule has 1 atom stereocenters. The highest BCUT2D eigenvalue weighted by atomic mass is 35.5. The lowest BCUT2D eigenvalue weighted by Gasteiger charge is -2.23. The van der Waals surface area contributed by atoms with E-state index in [9.17, 15) is 4.79 Å². The number of fused-ring (bicyclic) bond motifs is 1. The molecule has 2 heterocycles. The van der Waals surface area contributed by atoms with Crippen LogP contribution in [0.2, 0.25) is 5.02 Å². The minimum Gasteiger partial charge on any atom is -0.356 e. The molecule has 108 valence electrons. The van der Waals surface area contributed by atoms with E-state index in [4.69, 9.17) is 16.1 Å². The topological polar surface area (TPSA) is 46.3 Å². The Morgan fingerprint density at radius 1 is 1.43 bits per heavy atom. The molecule has 1 fully saturated rings. The minimum absolute atomic E-state index is 0.0542. The predicted molar refractivity (Wildman–Crippen MR) is 79.0 cm³/mol. The van der Waals surface area contributed by atoms with Crippen molar-refractivity contribution in [2.24, 2.45) is 5.92 Å². The second kappa shape index (κ2) is 4.60. The zero-order valence-electron chi connectivity index (χ0n) is 11.7. The minimum atomic E-state index is 0.0542. The first-order valence-corrected chi connectivity index (χ1v) is 7.57. The number of carbonyl (C=O) groups excluding carboxylic acids is 1. The Morgan fingerprint density at radius 2 is 2.24 bits per heavy atom. The highest BCUT2D eigenvalue weighted by Gasteiger charge is 2.39. The maximum Gasteiger partial charge on any atom is 0.256 e. The van der Waals surface area contributed by atoms with Gasteiger partial charge in [0.25, 0.3) is 5.91 Å². The van der Waals surface area contributed by atoms with Gasteiger partial charge in [-0.1, -0.05) is 16.8 Å². The van der Waals surface area contributed by atoms with E-state index in [2.05, 4.69) is 12.1 Å². The van der Waals surface area contributed by atoms with Gasteiger partial charge >= 0.3 is 0 Å². The third-order valence-electron chi connectivity index (χ3n) is 4.51. The van der Waals surface area contributed by atoms with Gasteiger partial charge in [0.1, 0.15) is 0 Å². The number of carbonyl (C=O) groups is 1. The third kappa shape index (κ3) is 2.05. The Morgan fingerprint density at radius 3 is 2.90 bits per heavy atom. The van der Waals surface area contributed by atoms with Crippen LogP contribution in [0.1, 0.15) is 35.7 Å². The van der Waals surface area contributed by atoms with Crippen LogP contribution >= 0.6 is 11.6 Å². The Hall–Kier alpha value is -1.81. The van der Waals surface area contributed by atoms with Gasteiger partial charge in [-0.2, -0.15) is 0 Å². The summed E-state index contributed by atoms with van der Waals surface area (Å²) in [6, 6.07) is 5.85. The summed E-state index contributed by atoms with van der Waals surface area (Å²) in [5.74, 6) is 1.37. The summed E-state index contributed by atoms with van der Waals surface area (Å²) in [4.78, 5) is 14.5. The van der Waals surface area contributed by atoms with Gasteiger partial charge in [0, 0.05) is 24.2 Å². The molecular formula is C16H15ClN2O2. The molecular weight excluding hydrogens is 288 g/mol. The van der Waals surface area contributed by atoms with E-state index in [0.29, 0.717) is 28.8 Å². The molecule has 5 heteroatoms. The highest BCUT2D eigenvalue weighted by molar-refractivity contribution is 6.34. The van der Waals surface area contributed by atoms with E-state index >= 15 is 0 Å². The van der Waals surface area contributed by atoms with Crippen molar-refractivity contribution in [3.05, 3.63) is 40.5 Å². The van der Waals surface area contributed by atoms with E-state index in [0.717, 1.165) is 11.1 Å². The van der Waals surface area contributed by atoms with Gasteiger partial charge in [-0.15, -0.1) is 0 Å². The van der Waals surface area contributed by atoms with Crippen molar-refractivity contribution in [3.63, 3.8) is 0 Å². The molecule has 1 saturated carbocycles. The number of hydrogen-bond acceptors (Lipinski definition) is 3. The fraction of sp³-hybridized carbons (Fsp3) is 0.375. The number of amides is 1. The molecule has 21 heavy (non-hydrogen) atoms. The molecule has 4 nitrogen and oxygen atoms in total. The molecule has 1 aromatic heterocycles. The first-order valence-electron chi connectivity index (χ1n) is 7.19. The van der Waals surface area contributed by atoms with Crippen molar-refractivity contribution in [1.29, 1.82) is 0 Å².